The van der Waals surface area contributed by atoms with Crippen molar-refractivity contribution in [1.82, 2.24) is 0 Å². The Bertz CT molecular complexity index is 758. The zero-order valence-electron chi connectivity index (χ0n) is 15.9. The molecule has 0 fully saturated rings. The van der Waals surface area contributed by atoms with E-state index in [1.165, 1.54) is 16.8 Å². The Morgan fingerprint density at radius 3 is 2.24 bits per heavy atom. The first-order valence-corrected chi connectivity index (χ1v) is 9.33. The van der Waals surface area contributed by atoms with Crippen LogP contribution in [0.15, 0.2) is 48.7 Å². The summed E-state index contributed by atoms with van der Waals surface area (Å²) < 4.78 is 15.5. The molecule has 1 aromatic carbocycles. The van der Waals surface area contributed by atoms with E-state index in [2.05, 4.69) is 87.8 Å². The Morgan fingerprint density at radius 2 is 1.56 bits per heavy atom. The maximum absolute atomic E-state index is 6.54. The average molecular weight is 338 g/mol. The molecule has 5 rings (SSSR count). The summed E-state index contributed by atoms with van der Waals surface area (Å²) in [6.45, 7) is 12.3. The van der Waals surface area contributed by atoms with Crippen molar-refractivity contribution >= 4 is 0 Å². The molecule has 3 aliphatic rings. The Labute approximate surface area is 150 Å². The summed E-state index contributed by atoms with van der Waals surface area (Å²) in [5.74, 6) is -0.704. The van der Waals surface area contributed by atoms with E-state index >= 15 is 0 Å². The van der Waals surface area contributed by atoms with Gasteiger partial charge in [0.2, 0.25) is 0 Å². The predicted octanol–water partition coefficient (Wildman–Crippen LogP) is 3.99. The number of nitrogens with zero attached hydrogens (tertiary/aromatic N) is 1. The smallest absolute Gasteiger partial charge is 0.199 e. The van der Waals surface area contributed by atoms with Crippen molar-refractivity contribution in [3.8, 4) is 0 Å². The molecular weight excluding hydrogens is 310 g/mol. The minimum Gasteiger partial charge on any atom is -0.348 e. The van der Waals surface area contributed by atoms with Crippen LogP contribution in [0.3, 0.4) is 0 Å². The van der Waals surface area contributed by atoms with Crippen molar-refractivity contribution < 1.29 is 14.0 Å². The van der Waals surface area contributed by atoms with Crippen LogP contribution in [0.4, 0.5) is 0 Å². The molecule has 0 radical (unpaired) electrons. The van der Waals surface area contributed by atoms with Crippen LogP contribution in [0.5, 0.6) is 0 Å². The lowest BCUT2D eigenvalue weighted by atomic mass is 9.50. The van der Waals surface area contributed by atoms with E-state index in [9.17, 15) is 0 Å². The van der Waals surface area contributed by atoms with E-state index in [1.807, 2.05) is 0 Å². The van der Waals surface area contributed by atoms with Gasteiger partial charge < -0.3 is 9.47 Å². The third-order valence-electron chi connectivity index (χ3n) is 6.36. The number of hydrogen-bond acceptors (Lipinski definition) is 2. The van der Waals surface area contributed by atoms with Gasteiger partial charge in [0.1, 0.15) is 5.41 Å². The predicted molar refractivity (Wildman–Crippen MR) is 97.4 cm³/mol. The molecule has 2 aromatic rings. The molecule has 0 amide bonds. The highest BCUT2D eigenvalue weighted by atomic mass is 16.7. The highest BCUT2D eigenvalue weighted by molar-refractivity contribution is 5.50. The van der Waals surface area contributed by atoms with Gasteiger partial charge in [-0.15, -0.1) is 0 Å². The molecule has 0 unspecified atom stereocenters. The second kappa shape index (κ2) is 5.39. The SMILES string of the molecule is CCOC1(OCC)C(C)(C)[C@@H]2c3ccccc3[C@@]1(C)c1cccc[n+]12. The molecule has 2 atom stereocenters. The van der Waals surface area contributed by atoms with E-state index < -0.39 is 5.79 Å². The van der Waals surface area contributed by atoms with Gasteiger partial charge >= 0.3 is 0 Å². The molecule has 25 heavy (non-hydrogen) atoms. The number of pyridine rings is 1. The van der Waals surface area contributed by atoms with Gasteiger partial charge in [-0.2, -0.15) is 4.57 Å². The zero-order valence-corrected chi connectivity index (χ0v) is 15.9. The van der Waals surface area contributed by atoms with E-state index in [0.29, 0.717) is 13.2 Å². The molecule has 0 saturated heterocycles. The van der Waals surface area contributed by atoms with Gasteiger partial charge in [-0.1, -0.05) is 30.3 Å². The van der Waals surface area contributed by atoms with E-state index in [1.54, 1.807) is 0 Å². The van der Waals surface area contributed by atoms with Gasteiger partial charge in [-0.3, -0.25) is 0 Å². The number of rotatable bonds is 4. The number of ether oxygens (including phenoxy) is 2. The first kappa shape index (κ1) is 16.7. The van der Waals surface area contributed by atoms with Crippen molar-refractivity contribution in [3.63, 3.8) is 0 Å². The third kappa shape index (κ3) is 1.76. The van der Waals surface area contributed by atoms with Crippen LogP contribution in [-0.2, 0) is 14.9 Å². The molecule has 3 nitrogen and oxygen atoms in total. The second-order valence-corrected chi connectivity index (χ2v) is 7.81. The first-order valence-electron chi connectivity index (χ1n) is 9.33. The summed E-state index contributed by atoms with van der Waals surface area (Å²) >= 11 is 0. The Morgan fingerprint density at radius 1 is 0.920 bits per heavy atom. The molecule has 0 N–H and O–H groups in total. The van der Waals surface area contributed by atoms with Crippen LogP contribution in [-0.4, -0.2) is 19.0 Å². The van der Waals surface area contributed by atoms with Crippen molar-refractivity contribution in [3.05, 3.63) is 65.5 Å². The standard InChI is InChI=1S/C22H28NO2/c1-6-24-22(25-7-2)20(3,4)19-16-12-8-9-13-17(16)21(22,5)18-14-10-11-15-23(18)19/h8-15,19H,6-7H2,1-5H3/q+1/t19-,21-/m0/s1. The minimum absolute atomic E-state index is 0.180. The van der Waals surface area contributed by atoms with Gasteiger partial charge in [0.25, 0.3) is 0 Å². The van der Waals surface area contributed by atoms with Crippen LogP contribution >= 0.6 is 0 Å². The summed E-state index contributed by atoms with van der Waals surface area (Å²) in [6, 6.07) is 15.4. The summed E-state index contributed by atoms with van der Waals surface area (Å²) in [4.78, 5) is 0. The molecule has 2 aliphatic heterocycles. The lowest BCUT2D eigenvalue weighted by Crippen LogP contribution is -2.78. The monoisotopic (exact) mass is 338 g/mol. The first-order chi connectivity index (χ1) is 12.0. The topological polar surface area (TPSA) is 22.3 Å². The molecule has 1 aromatic heterocycles. The maximum atomic E-state index is 6.54. The molecule has 3 heterocycles. The second-order valence-electron chi connectivity index (χ2n) is 7.81. The van der Waals surface area contributed by atoms with Crippen LogP contribution in [0, 0.1) is 5.41 Å². The Balaban J connectivity index is 2.15. The van der Waals surface area contributed by atoms with Crippen LogP contribution in [0.2, 0.25) is 0 Å². The lowest BCUT2D eigenvalue weighted by molar-refractivity contribution is -0.760. The number of aromatic nitrogens is 1. The average Bonchev–Trinajstić information content (AvgIpc) is 2.60. The van der Waals surface area contributed by atoms with Crippen LogP contribution < -0.4 is 4.57 Å². The summed E-state index contributed by atoms with van der Waals surface area (Å²) in [7, 11) is 0. The molecular formula is C22H28NO2+. The van der Waals surface area contributed by atoms with Gasteiger partial charge in [0.05, 0.1) is 5.41 Å². The highest BCUT2D eigenvalue weighted by Gasteiger charge is 2.76. The maximum Gasteiger partial charge on any atom is 0.199 e. The molecule has 2 bridgehead atoms. The van der Waals surface area contributed by atoms with Crippen LogP contribution in [0.1, 0.15) is 57.5 Å². The molecule has 0 saturated carbocycles. The van der Waals surface area contributed by atoms with E-state index in [0.717, 1.165) is 0 Å². The normalized spacial score (nSPS) is 27.6. The fourth-order valence-corrected chi connectivity index (χ4v) is 5.60. The van der Waals surface area contributed by atoms with Crippen molar-refractivity contribution in [2.75, 3.05) is 13.2 Å². The third-order valence-corrected chi connectivity index (χ3v) is 6.36. The summed E-state index contributed by atoms with van der Waals surface area (Å²) in [5, 5.41) is 0. The van der Waals surface area contributed by atoms with Gasteiger partial charge in [0, 0.05) is 30.9 Å². The van der Waals surface area contributed by atoms with Gasteiger partial charge in [0.15, 0.2) is 23.7 Å². The van der Waals surface area contributed by atoms with Crippen molar-refractivity contribution in [2.24, 2.45) is 5.41 Å². The quantitative estimate of drug-likeness (QED) is 0.621. The number of fused-ring (bicyclic) bond motifs is 1. The summed E-state index contributed by atoms with van der Waals surface area (Å²) in [5.41, 5.74) is 3.37. The molecule has 3 heteroatoms. The Hall–Kier alpha value is -1.71. The minimum atomic E-state index is -0.704. The molecule has 132 valence electrons. The summed E-state index contributed by atoms with van der Waals surface area (Å²) in [6.07, 6.45) is 2.21. The largest absolute Gasteiger partial charge is 0.348 e. The molecule has 0 spiro atoms. The van der Waals surface area contributed by atoms with Crippen LogP contribution in [0.25, 0.3) is 0 Å². The fraction of sp³-hybridized carbons (Fsp3) is 0.500. The molecule has 1 aliphatic carbocycles. The Kier molecular flexibility index (Phi) is 3.61. The number of benzene rings is 1. The van der Waals surface area contributed by atoms with Gasteiger partial charge in [-0.25, -0.2) is 0 Å². The van der Waals surface area contributed by atoms with E-state index in [-0.39, 0.29) is 16.9 Å². The highest BCUT2D eigenvalue weighted by Crippen LogP contribution is 2.64. The zero-order chi connectivity index (χ0) is 17.9. The fourth-order valence-electron chi connectivity index (χ4n) is 5.60. The van der Waals surface area contributed by atoms with Crippen molar-refractivity contribution in [1.29, 1.82) is 0 Å². The lowest BCUT2D eigenvalue weighted by Gasteiger charge is -2.62. The van der Waals surface area contributed by atoms with Crippen molar-refractivity contribution in [2.45, 2.75) is 51.9 Å². The number of hydrogen-bond donors (Lipinski definition) is 0. The van der Waals surface area contributed by atoms with E-state index in [4.69, 9.17) is 9.47 Å². The van der Waals surface area contributed by atoms with Gasteiger partial charge in [-0.05, 0) is 40.2 Å².